The Kier molecular flexibility index (Phi) is 5.01. The minimum atomic E-state index is -0.263. The van der Waals surface area contributed by atoms with Gasteiger partial charge in [0.1, 0.15) is 11.5 Å². The van der Waals surface area contributed by atoms with Crippen molar-refractivity contribution in [1.29, 1.82) is 0 Å². The molecule has 2 aliphatic heterocycles. The van der Waals surface area contributed by atoms with Crippen molar-refractivity contribution in [2.45, 2.75) is 52.1 Å². The Morgan fingerprint density at radius 2 is 2.19 bits per heavy atom. The molecule has 7 heteroatoms. The number of nitrogens with zero attached hydrogens (tertiary/aromatic N) is 3. The molecule has 0 aromatic carbocycles. The number of furan rings is 1. The summed E-state index contributed by atoms with van der Waals surface area (Å²) in [6.07, 6.45) is 6.58. The van der Waals surface area contributed by atoms with Gasteiger partial charge in [-0.15, -0.1) is 0 Å². The first-order valence-corrected chi connectivity index (χ1v) is 9.82. The average molecular weight is 370 g/mol. The summed E-state index contributed by atoms with van der Waals surface area (Å²) in [5.74, 6) is 1.24. The number of fused-ring (bicyclic) bond motifs is 1. The van der Waals surface area contributed by atoms with E-state index < -0.39 is 0 Å². The third kappa shape index (κ3) is 3.63. The van der Waals surface area contributed by atoms with Crippen LogP contribution in [0.25, 0.3) is 0 Å². The standard InChI is InChI=1S/C20H26N4O3/c1-14-6-4-9-23(13-14)20(26)17-16-8-2-3-10-24(16)18(22-17)19(25)21-12-15-7-5-11-27-15/h5,7,11,14H,2-4,6,8-10,12-13H2,1H3,(H,21,25). The molecule has 1 N–H and O–H groups in total. The predicted molar refractivity (Wildman–Crippen MR) is 99.3 cm³/mol. The monoisotopic (exact) mass is 370 g/mol. The van der Waals surface area contributed by atoms with E-state index in [9.17, 15) is 9.59 Å². The van der Waals surface area contributed by atoms with E-state index in [1.165, 1.54) is 0 Å². The van der Waals surface area contributed by atoms with Gasteiger partial charge in [-0.25, -0.2) is 4.98 Å². The Morgan fingerprint density at radius 3 is 2.96 bits per heavy atom. The maximum Gasteiger partial charge on any atom is 0.287 e. The summed E-state index contributed by atoms with van der Waals surface area (Å²) in [5.41, 5.74) is 1.37. The zero-order valence-corrected chi connectivity index (χ0v) is 15.7. The lowest BCUT2D eigenvalue weighted by atomic mass is 9.99. The van der Waals surface area contributed by atoms with Crippen LogP contribution in [0.15, 0.2) is 22.8 Å². The molecule has 4 rings (SSSR count). The Balaban J connectivity index is 1.57. The van der Waals surface area contributed by atoms with Crippen LogP contribution < -0.4 is 5.32 Å². The predicted octanol–water partition coefficient (Wildman–Crippen LogP) is 2.61. The summed E-state index contributed by atoms with van der Waals surface area (Å²) in [7, 11) is 0. The molecule has 2 aliphatic rings. The molecule has 0 bridgehead atoms. The first kappa shape index (κ1) is 17.8. The molecular formula is C20H26N4O3. The Bertz CT molecular complexity index is 825. The van der Waals surface area contributed by atoms with Crippen molar-refractivity contribution in [3.8, 4) is 0 Å². The summed E-state index contributed by atoms with van der Waals surface area (Å²) >= 11 is 0. The van der Waals surface area contributed by atoms with Gasteiger partial charge in [0.05, 0.1) is 18.5 Å². The van der Waals surface area contributed by atoms with Crippen molar-refractivity contribution < 1.29 is 14.0 Å². The smallest absolute Gasteiger partial charge is 0.287 e. The zero-order chi connectivity index (χ0) is 18.8. The van der Waals surface area contributed by atoms with Crippen molar-refractivity contribution in [2.24, 2.45) is 5.92 Å². The molecule has 1 atom stereocenters. The highest BCUT2D eigenvalue weighted by atomic mass is 16.3. The van der Waals surface area contributed by atoms with Gasteiger partial charge in [0.25, 0.3) is 11.8 Å². The minimum Gasteiger partial charge on any atom is -0.467 e. The average Bonchev–Trinajstić information content (AvgIpc) is 3.33. The maximum absolute atomic E-state index is 13.1. The van der Waals surface area contributed by atoms with Crippen LogP contribution in [-0.2, 0) is 19.5 Å². The van der Waals surface area contributed by atoms with Gasteiger partial charge >= 0.3 is 0 Å². The van der Waals surface area contributed by atoms with Gasteiger partial charge in [-0.1, -0.05) is 6.92 Å². The molecule has 27 heavy (non-hydrogen) atoms. The van der Waals surface area contributed by atoms with Gasteiger partial charge in [0.2, 0.25) is 0 Å². The maximum atomic E-state index is 13.1. The number of likely N-dealkylation sites (tertiary alicyclic amines) is 1. The number of carbonyl (C=O) groups excluding carboxylic acids is 2. The molecule has 1 saturated heterocycles. The molecule has 0 aliphatic carbocycles. The molecular weight excluding hydrogens is 344 g/mol. The van der Waals surface area contributed by atoms with Crippen LogP contribution in [0.4, 0.5) is 0 Å². The van der Waals surface area contributed by atoms with E-state index in [4.69, 9.17) is 4.42 Å². The van der Waals surface area contributed by atoms with Crippen molar-refractivity contribution in [1.82, 2.24) is 19.8 Å². The number of rotatable bonds is 4. The van der Waals surface area contributed by atoms with Crippen LogP contribution in [0.1, 0.15) is 65.2 Å². The summed E-state index contributed by atoms with van der Waals surface area (Å²) in [6.45, 7) is 4.76. The van der Waals surface area contributed by atoms with Crippen molar-refractivity contribution >= 4 is 11.8 Å². The first-order chi connectivity index (χ1) is 13.1. The molecule has 144 valence electrons. The van der Waals surface area contributed by atoms with Gasteiger partial charge < -0.3 is 19.2 Å². The van der Waals surface area contributed by atoms with Gasteiger partial charge in [-0.05, 0) is 50.2 Å². The van der Waals surface area contributed by atoms with Crippen LogP contribution >= 0.6 is 0 Å². The Morgan fingerprint density at radius 1 is 1.30 bits per heavy atom. The van der Waals surface area contributed by atoms with Crippen LogP contribution in [-0.4, -0.2) is 39.4 Å². The number of imidazole rings is 1. The fourth-order valence-electron chi connectivity index (χ4n) is 4.07. The normalized spacial score (nSPS) is 19.6. The lowest BCUT2D eigenvalue weighted by Gasteiger charge is -2.30. The molecule has 7 nitrogen and oxygen atoms in total. The van der Waals surface area contributed by atoms with E-state index >= 15 is 0 Å². The first-order valence-electron chi connectivity index (χ1n) is 9.82. The highest BCUT2D eigenvalue weighted by Gasteiger charge is 2.31. The number of nitrogens with one attached hydrogen (secondary N) is 1. The van der Waals surface area contributed by atoms with Crippen molar-refractivity contribution in [3.63, 3.8) is 0 Å². The fraction of sp³-hybridized carbons (Fsp3) is 0.550. The SMILES string of the molecule is CC1CCCN(C(=O)c2nc(C(=O)NCc3ccco3)n3c2CCCC3)C1. The van der Waals surface area contributed by atoms with Gasteiger partial charge in [0.15, 0.2) is 5.82 Å². The van der Waals surface area contributed by atoms with Crippen LogP contribution in [0.2, 0.25) is 0 Å². The Hall–Kier alpha value is -2.57. The van der Waals surface area contributed by atoms with E-state index in [2.05, 4.69) is 17.2 Å². The highest BCUT2D eigenvalue weighted by Crippen LogP contribution is 2.24. The number of hydrogen-bond acceptors (Lipinski definition) is 4. The molecule has 1 fully saturated rings. The largest absolute Gasteiger partial charge is 0.467 e. The van der Waals surface area contributed by atoms with E-state index in [1.807, 2.05) is 15.5 Å². The second kappa shape index (κ2) is 7.58. The van der Waals surface area contributed by atoms with Crippen molar-refractivity contribution in [3.05, 3.63) is 41.4 Å². The summed E-state index contributed by atoms with van der Waals surface area (Å²) in [5, 5.41) is 2.85. The van der Waals surface area contributed by atoms with Crippen LogP contribution in [0, 0.1) is 5.92 Å². The molecule has 0 radical (unpaired) electrons. The van der Waals surface area contributed by atoms with Gasteiger partial charge in [0, 0.05) is 19.6 Å². The molecule has 0 saturated carbocycles. The van der Waals surface area contributed by atoms with Crippen LogP contribution in [0.5, 0.6) is 0 Å². The molecule has 2 aromatic rings. The number of carbonyl (C=O) groups is 2. The van der Waals surface area contributed by atoms with E-state index in [1.54, 1.807) is 12.3 Å². The third-order valence-corrected chi connectivity index (χ3v) is 5.47. The zero-order valence-electron chi connectivity index (χ0n) is 15.7. The van der Waals surface area contributed by atoms with Gasteiger partial charge in [-0.2, -0.15) is 0 Å². The highest BCUT2D eigenvalue weighted by molar-refractivity contribution is 5.97. The second-order valence-corrected chi connectivity index (χ2v) is 7.60. The Labute approximate surface area is 158 Å². The second-order valence-electron chi connectivity index (χ2n) is 7.60. The number of piperidine rings is 1. The fourth-order valence-corrected chi connectivity index (χ4v) is 4.07. The number of aromatic nitrogens is 2. The van der Waals surface area contributed by atoms with E-state index in [-0.39, 0.29) is 11.8 Å². The molecule has 2 aromatic heterocycles. The van der Waals surface area contributed by atoms with Gasteiger partial charge in [-0.3, -0.25) is 9.59 Å². The summed E-state index contributed by atoms with van der Waals surface area (Å²) in [4.78, 5) is 32.2. The molecule has 0 spiro atoms. The summed E-state index contributed by atoms with van der Waals surface area (Å²) in [6, 6.07) is 3.60. The molecule has 2 amide bonds. The van der Waals surface area contributed by atoms with E-state index in [0.717, 1.165) is 57.4 Å². The third-order valence-electron chi connectivity index (χ3n) is 5.47. The number of amides is 2. The quantitative estimate of drug-likeness (QED) is 0.897. The lowest BCUT2D eigenvalue weighted by Crippen LogP contribution is -2.39. The topological polar surface area (TPSA) is 80.4 Å². The number of hydrogen-bond donors (Lipinski definition) is 1. The summed E-state index contributed by atoms with van der Waals surface area (Å²) < 4.78 is 7.19. The molecule has 1 unspecified atom stereocenters. The minimum absolute atomic E-state index is 0.0303. The van der Waals surface area contributed by atoms with E-state index in [0.29, 0.717) is 29.7 Å². The lowest BCUT2D eigenvalue weighted by molar-refractivity contribution is 0.0676. The van der Waals surface area contributed by atoms with Crippen molar-refractivity contribution in [2.75, 3.05) is 13.1 Å². The van der Waals surface area contributed by atoms with Crippen LogP contribution in [0.3, 0.4) is 0 Å². The molecule has 4 heterocycles.